The first-order chi connectivity index (χ1) is 13.2. The van der Waals surface area contributed by atoms with Crippen LogP contribution in [0, 0.1) is 0 Å². The van der Waals surface area contributed by atoms with E-state index in [-0.39, 0.29) is 12.3 Å². The summed E-state index contributed by atoms with van der Waals surface area (Å²) in [5.41, 5.74) is 3.19. The summed E-state index contributed by atoms with van der Waals surface area (Å²) in [7, 11) is 0. The molecule has 5 heteroatoms. The van der Waals surface area contributed by atoms with Crippen LogP contribution < -0.4 is 15.4 Å². The average molecular weight is 361 g/mol. The van der Waals surface area contributed by atoms with Crippen molar-refractivity contribution in [3.05, 3.63) is 78.5 Å². The number of nitrogens with one attached hydrogen (secondary N) is 2. The van der Waals surface area contributed by atoms with Gasteiger partial charge in [-0.1, -0.05) is 43.3 Å². The van der Waals surface area contributed by atoms with Gasteiger partial charge in [0.1, 0.15) is 11.6 Å². The summed E-state index contributed by atoms with van der Waals surface area (Å²) in [6.07, 6.45) is 2.93. The molecular formula is C22H23N3O2. The highest BCUT2D eigenvalue weighted by Gasteiger charge is 2.05. The summed E-state index contributed by atoms with van der Waals surface area (Å²) in [5, 5.41) is 6.15. The molecule has 27 heavy (non-hydrogen) atoms. The van der Waals surface area contributed by atoms with Gasteiger partial charge in [-0.2, -0.15) is 0 Å². The van der Waals surface area contributed by atoms with Gasteiger partial charge < -0.3 is 15.4 Å². The van der Waals surface area contributed by atoms with E-state index in [1.807, 2.05) is 54.6 Å². The van der Waals surface area contributed by atoms with E-state index in [4.69, 9.17) is 4.74 Å². The lowest BCUT2D eigenvalue weighted by Crippen LogP contribution is -2.16. The molecule has 2 aromatic carbocycles. The van der Waals surface area contributed by atoms with Crippen LogP contribution in [0.25, 0.3) is 0 Å². The fourth-order valence-corrected chi connectivity index (χ4v) is 2.63. The number of rotatable bonds is 8. The van der Waals surface area contributed by atoms with Gasteiger partial charge in [0.25, 0.3) is 0 Å². The number of pyridine rings is 1. The third-order valence-corrected chi connectivity index (χ3v) is 4.05. The molecule has 1 amide bonds. The number of carbonyl (C=O) groups is 1. The van der Waals surface area contributed by atoms with Gasteiger partial charge in [-0.3, -0.25) is 4.79 Å². The van der Waals surface area contributed by atoms with Crippen molar-refractivity contribution in [2.45, 2.75) is 19.8 Å². The smallest absolute Gasteiger partial charge is 0.228 e. The number of ether oxygens (including phenoxy) is 1. The van der Waals surface area contributed by atoms with Crippen molar-refractivity contribution >= 4 is 23.1 Å². The maximum atomic E-state index is 12.0. The molecule has 2 N–H and O–H groups in total. The van der Waals surface area contributed by atoms with Crippen molar-refractivity contribution in [3.63, 3.8) is 0 Å². The number of aromatic nitrogens is 1. The molecule has 5 nitrogen and oxygen atoms in total. The number of anilines is 3. The number of hydrogen-bond donors (Lipinski definition) is 2. The van der Waals surface area contributed by atoms with Gasteiger partial charge in [-0.05, 0) is 42.3 Å². The highest BCUT2D eigenvalue weighted by molar-refractivity contribution is 5.89. The van der Waals surface area contributed by atoms with Gasteiger partial charge in [0.15, 0.2) is 0 Å². The van der Waals surface area contributed by atoms with Crippen LogP contribution in [0.3, 0.4) is 0 Å². The van der Waals surface area contributed by atoms with Crippen LogP contribution in [0.5, 0.6) is 5.75 Å². The van der Waals surface area contributed by atoms with Gasteiger partial charge in [0.2, 0.25) is 5.91 Å². The zero-order valence-electron chi connectivity index (χ0n) is 15.3. The molecule has 3 rings (SSSR count). The van der Waals surface area contributed by atoms with E-state index in [1.165, 1.54) is 5.56 Å². The quantitative estimate of drug-likeness (QED) is 0.605. The van der Waals surface area contributed by atoms with Crippen LogP contribution in [-0.4, -0.2) is 17.5 Å². The molecule has 1 aromatic heterocycles. The van der Waals surface area contributed by atoms with Gasteiger partial charge in [0.05, 0.1) is 24.9 Å². The topological polar surface area (TPSA) is 63.2 Å². The fourth-order valence-electron chi connectivity index (χ4n) is 2.63. The van der Waals surface area contributed by atoms with Crippen molar-refractivity contribution in [1.29, 1.82) is 0 Å². The molecule has 0 saturated heterocycles. The highest BCUT2D eigenvalue weighted by Crippen LogP contribution is 2.21. The van der Waals surface area contributed by atoms with Gasteiger partial charge in [-0.25, -0.2) is 4.98 Å². The third-order valence-electron chi connectivity index (χ3n) is 4.05. The van der Waals surface area contributed by atoms with Crippen LogP contribution in [0.15, 0.2) is 72.9 Å². The Bertz CT molecular complexity index is 864. The first kappa shape index (κ1) is 18.5. The Balaban J connectivity index is 1.49. The average Bonchev–Trinajstić information content (AvgIpc) is 2.71. The second kappa shape index (κ2) is 9.38. The normalized spacial score (nSPS) is 10.3. The minimum Gasteiger partial charge on any atom is -0.493 e. The number of benzene rings is 2. The molecule has 0 saturated carbocycles. The van der Waals surface area contributed by atoms with Crippen LogP contribution >= 0.6 is 0 Å². The number of nitrogens with zero attached hydrogens (tertiary/aromatic N) is 1. The van der Waals surface area contributed by atoms with Crippen molar-refractivity contribution in [3.8, 4) is 5.75 Å². The van der Waals surface area contributed by atoms with E-state index in [9.17, 15) is 4.79 Å². The molecule has 0 aliphatic carbocycles. The minimum absolute atomic E-state index is 0.129. The molecule has 138 valence electrons. The van der Waals surface area contributed by atoms with E-state index in [2.05, 4.69) is 28.6 Å². The predicted molar refractivity (Wildman–Crippen MR) is 109 cm³/mol. The SMILES string of the molecule is CCc1ccccc1Nc1ccc(NC(=O)CCOc2ccccc2)nc1. The number of aryl methyl sites for hydroxylation is 1. The molecular weight excluding hydrogens is 338 g/mol. The van der Waals surface area contributed by atoms with E-state index >= 15 is 0 Å². The summed E-state index contributed by atoms with van der Waals surface area (Å²) in [6.45, 7) is 2.45. The second-order valence-corrected chi connectivity index (χ2v) is 6.03. The summed E-state index contributed by atoms with van der Waals surface area (Å²) in [5.74, 6) is 1.15. The van der Waals surface area contributed by atoms with Crippen LogP contribution in [-0.2, 0) is 11.2 Å². The molecule has 0 aliphatic rings. The maximum absolute atomic E-state index is 12.0. The Labute approximate surface area is 159 Å². The lowest BCUT2D eigenvalue weighted by atomic mass is 10.1. The van der Waals surface area contributed by atoms with E-state index in [0.29, 0.717) is 12.4 Å². The largest absolute Gasteiger partial charge is 0.493 e. The molecule has 0 spiro atoms. The molecule has 1 heterocycles. The Morgan fingerprint density at radius 2 is 1.78 bits per heavy atom. The first-order valence-corrected chi connectivity index (χ1v) is 9.03. The summed E-state index contributed by atoms with van der Waals surface area (Å²) in [4.78, 5) is 16.3. The highest BCUT2D eigenvalue weighted by atomic mass is 16.5. The number of amides is 1. The lowest BCUT2D eigenvalue weighted by molar-refractivity contribution is -0.116. The number of carbonyl (C=O) groups excluding carboxylic acids is 1. The van der Waals surface area contributed by atoms with Gasteiger partial charge >= 0.3 is 0 Å². The number of para-hydroxylation sites is 2. The monoisotopic (exact) mass is 361 g/mol. The fraction of sp³-hybridized carbons (Fsp3) is 0.182. The van der Waals surface area contributed by atoms with E-state index < -0.39 is 0 Å². The summed E-state index contributed by atoms with van der Waals surface area (Å²) >= 11 is 0. The Kier molecular flexibility index (Phi) is 6.41. The van der Waals surface area contributed by atoms with Crippen molar-refractivity contribution in [2.24, 2.45) is 0 Å². The third kappa shape index (κ3) is 5.57. The predicted octanol–water partition coefficient (Wildman–Crippen LogP) is 4.80. The Hall–Kier alpha value is -3.34. The standard InChI is InChI=1S/C22H23N3O2/c1-2-17-8-6-7-11-20(17)24-18-12-13-21(23-16-18)25-22(26)14-15-27-19-9-4-3-5-10-19/h3-13,16,24H,2,14-15H2,1H3,(H,23,25,26). The zero-order chi connectivity index (χ0) is 18.9. The molecule has 3 aromatic rings. The lowest BCUT2D eigenvalue weighted by Gasteiger charge is -2.11. The molecule has 0 bridgehead atoms. The van der Waals surface area contributed by atoms with Gasteiger partial charge in [-0.15, -0.1) is 0 Å². The Morgan fingerprint density at radius 1 is 1.00 bits per heavy atom. The van der Waals surface area contributed by atoms with Crippen LogP contribution in [0.2, 0.25) is 0 Å². The molecule has 0 aliphatic heterocycles. The van der Waals surface area contributed by atoms with Crippen molar-refractivity contribution in [2.75, 3.05) is 17.2 Å². The van der Waals surface area contributed by atoms with Gasteiger partial charge in [0, 0.05) is 5.69 Å². The van der Waals surface area contributed by atoms with Crippen LogP contribution in [0.1, 0.15) is 18.9 Å². The minimum atomic E-state index is -0.129. The molecule has 0 atom stereocenters. The van der Waals surface area contributed by atoms with Crippen molar-refractivity contribution in [1.82, 2.24) is 4.98 Å². The van der Waals surface area contributed by atoms with E-state index in [0.717, 1.165) is 23.5 Å². The maximum Gasteiger partial charge on any atom is 0.228 e. The Morgan fingerprint density at radius 3 is 2.52 bits per heavy atom. The second-order valence-electron chi connectivity index (χ2n) is 6.03. The molecule has 0 fully saturated rings. The van der Waals surface area contributed by atoms with Crippen molar-refractivity contribution < 1.29 is 9.53 Å². The summed E-state index contributed by atoms with van der Waals surface area (Å²) < 4.78 is 5.53. The summed E-state index contributed by atoms with van der Waals surface area (Å²) in [6, 6.07) is 21.3. The zero-order valence-corrected chi connectivity index (χ0v) is 15.3. The molecule has 0 radical (unpaired) electrons. The van der Waals surface area contributed by atoms with Crippen LogP contribution in [0.4, 0.5) is 17.2 Å². The number of hydrogen-bond acceptors (Lipinski definition) is 4. The molecule has 0 unspecified atom stereocenters. The van der Waals surface area contributed by atoms with E-state index in [1.54, 1.807) is 12.3 Å². The first-order valence-electron chi connectivity index (χ1n) is 9.03.